The number of rotatable bonds is 5. The number of carbonyl (C=O) groups is 1. The van der Waals surface area contributed by atoms with Crippen LogP contribution in [-0.4, -0.2) is 18.1 Å². The molecule has 0 atom stereocenters. The van der Waals surface area contributed by atoms with Crippen LogP contribution in [-0.2, 0) is 4.79 Å². The molecule has 0 aliphatic rings. The minimum Gasteiger partial charge on any atom is -0.482 e. The molecule has 0 aliphatic carbocycles. The van der Waals surface area contributed by atoms with Gasteiger partial charge >= 0.3 is 0 Å². The van der Waals surface area contributed by atoms with Gasteiger partial charge < -0.3 is 10.1 Å². The molecule has 0 unspecified atom stereocenters. The van der Waals surface area contributed by atoms with Gasteiger partial charge in [-0.15, -0.1) is 0 Å². The summed E-state index contributed by atoms with van der Waals surface area (Å²) in [7, 11) is 0. The highest BCUT2D eigenvalue weighted by Crippen LogP contribution is 2.20. The van der Waals surface area contributed by atoms with Crippen molar-refractivity contribution in [1.82, 2.24) is 5.32 Å². The molecule has 1 aromatic carbocycles. The molecule has 0 bridgehead atoms. The fourth-order valence-corrected chi connectivity index (χ4v) is 1.38. The average molecular weight is 264 g/mol. The molecule has 1 aromatic rings. The Morgan fingerprint density at radius 1 is 1.53 bits per heavy atom. The van der Waals surface area contributed by atoms with E-state index in [9.17, 15) is 9.18 Å². The number of hydrogen-bond acceptors (Lipinski definition) is 3. The van der Waals surface area contributed by atoms with E-state index in [4.69, 9.17) is 10.00 Å². The van der Waals surface area contributed by atoms with Gasteiger partial charge in [-0.3, -0.25) is 4.79 Å². The highest BCUT2D eigenvalue weighted by Gasteiger charge is 2.18. The highest BCUT2D eigenvalue weighted by atomic mass is 19.1. The Labute approximate surface area is 112 Å². The molecule has 0 radical (unpaired) electrons. The maximum absolute atomic E-state index is 13.3. The van der Waals surface area contributed by atoms with Gasteiger partial charge in [0.25, 0.3) is 5.91 Å². The minimum atomic E-state index is -0.658. The fraction of sp³-hybridized carbons (Fsp3) is 0.429. The third kappa shape index (κ3) is 4.25. The summed E-state index contributed by atoms with van der Waals surface area (Å²) in [6.45, 7) is 5.50. The molecule has 0 fully saturated rings. The quantitative estimate of drug-likeness (QED) is 0.888. The molecule has 4 nitrogen and oxygen atoms in total. The largest absolute Gasteiger partial charge is 0.482 e. The first-order valence-electron chi connectivity index (χ1n) is 6.02. The number of hydrogen-bond donors (Lipinski definition) is 1. The number of nitrogens with zero attached hydrogens (tertiary/aromatic N) is 1. The lowest BCUT2D eigenvalue weighted by Crippen LogP contribution is -2.44. The van der Waals surface area contributed by atoms with Gasteiger partial charge in [-0.05, 0) is 32.4 Å². The van der Waals surface area contributed by atoms with Gasteiger partial charge in [0, 0.05) is 5.54 Å². The Hall–Kier alpha value is -2.09. The second kappa shape index (κ2) is 6.19. The van der Waals surface area contributed by atoms with E-state index >= 15 is 0 Å². The third-order valence-corrected chi connectivity index (χ3v) is 2.81. The lowest BCUT2D eigenvalue weighted by molar-refractivity contribution is -0.124. The molecular formula is C14H17FN2O2. The van der Waals surface area contributed by atoms with Gasteiger partial charge in [-0.1, -0.05) is 13.0 Å². The van der Waals surface area contributed by atoms with Crippen molar-refractivity contribution < 1.29 is 13.9 Å². The van der Waals surface area contributed by atoms with Gasteiger partial charge in [0.1, 0.15) is 23.2 Å². The second-order valence-electron chi connectivity index (χ2n) is 4.80. The van der Waals surface area contributed by atoms with Crippen LogP contribution in [0.15, 0.2) is 18.2 Å². The first-order valence-corrected chi connectivity index (χ1v) is 6.02. The maximum Gasteiger partial charge on any atom is 0.258 e. The van der Waals surface area contributed by atoms with E-state index in [-0.39, 0.29) is 29.4 Å². The molecule has 19 heavy (non-hydrogen) atoms. The number of benzene rings is 1. The number of nitrogens with one attached hydrogen (secondary N) is 1. The van der Waals surface area contributed by atoms with E-state index in [0.717, 1.165) is 6.42 Å². The lowest BCUT2D eigenvalue weighted by atomic mass is 10.0. The van der Waals surface area contributed by atoms with Crippen LogP contribution in [0.4, 0.5) is 4.39 Å². The van der Waals surface area contributed by atoms with Gasteiger partial charge in [-0.2, -0.15) is 5.26 Å². The lowest BCUT2D eigenvalue weighted by Gasteiger charge is -2.24. The molecular weight excluding hydrogens is 247 g/mol. The molecule has 1 rings (SSSR count). The zero-order valence-electron chi connectivity index (χ0n) is 11.3. The number of nitriles is 1. The van der Waals surface area contributed by atoms with Crippen LogP contribution < -0.4 is 10.1 Å². The van der Waals surface area contributed by atoms with Crippen molar-refractivity contribution in [2.75, 3.05) is 6.61 Å². The van der Waals surface area contributed by atoms with E-state index in [2.05, 4.69) is 5.32 Å². The normalized spacial score (nSPS) is 10.7. The minimum absolute atomic E-state index is 0.0759. The van der Waals surface area contributed by atoms with Crippen molar-refractivity contribution in [3.63, 3.8) is 0 Å². The van der Waals surface area contributed by atoms with Gasteiger partial charge in [0.05, 0.1) is 0 Å². The summed E-state index contributed by atoms with van der Waals surface area (Å²) in [5.41, 5.74) is -0.509. The maximum atomic E-state index is 13.3. The predicted octanol–water partition coefficient (Wildman–Crippen LogP) is 2.38. The Morgan fingerprint density at radius 3 is 2.79 bits per heavy atom. The zero-order chi connectivity index (χ0) is 14.5. The Kier molecular flexibility index (Phi) is 4.87. The number of carbonyl (C=O) groups excluding carboxylic acids is 1. The van der Waals surface area contributed by atoms with E-state index < -0.39 is 5.82 Å². The monoisotopic (exact) mass is 264 g/mol. The molecule has 0 aliphatic heterocycles. The van der Waals surface area contributed by atoms with E-state index in [1.165, 1.54) is 18.2 Å². The third-order valence-electron chi connectivity index (χ3n) is 2.81. The summed E-state index contributed by atoms with van der Waals surface area (Å²) in [5, 5.41) is 11.6. The van der Waals surface area contributed by atoms with Crippen LogP contribution >= 0.6 is 0 Å². The van der Waals surface area contributed by atoms with Crippen LogP contribution in [0.1, 0.15) is 32.8 Å². The summed E-state index contributed by atoms with van der Waals surface area (Å²) >= 11 is 0. The second-order valence-corrected chi connectivity index (χ2v) is 4.80. The molecule has 0 aromatic heterocycles. The van der Waals surface area contributed by atoms with Crippen molar-refractivity contribution in [3.05, 3.63) is 29.6 Å². The van der Waals surface area contributed by atoms with Crippen molar-refractivity contribution in [1.29, 1.82) is 5.26 Å². The van der Waals surface area contributed by atoms with Crippen molar-refractivity contribution >= 4 is 5.91 Å². The molecule has 1 N–H and O–H groups in total. The van der Waals surface area contributed by atoms with Crippen molar-refractivity contribution in [3.8, 4) is 11.8 Å². The van der Waals surface area contributed by atoms with Gasteiger partial charge in [0.15, 0.2) is 6.61 Å². The van der Waals surface area contributed by atoms with Crippen LogP contribution in [0.25, 0.3) is 0 Å². The number of halogens is 1. The summed E-state index contributed by atoms with van der Waals surface area (Å²) in [6, 6.07) is 5.78. The molecule has 0 saturated heterocycles. The van der Waals surface area contributed by atoms with E-state index in [1.807, 2.05) is 20.8 Å². The molecule has 0 heterocycles. The first kappa shape index (κ1) is 15.0. The fourth-order valence-electron chi connectivity index (χ4n) is 1.38. The standard InChI is InChI=1S/C14H17FN2O2/c1-4-14(2,3)17-13(18)9-19-12-7-5-6-11(15)10(12)8-16/h5-7H,4,9H2,1-3H3,(H,17,18). The van der Waals surface area contributed by atoms with Crippen LogP contribution in [0.2, 0.25) is 0 Å². The number of amides is 1. The Bertz CT molecular complexity index is 507. The van der Waals surface area contributed by atoms with Crippen molar-refractivity contribution in [2.24, 2.45) is 0 Å². The summed E-state index contributed by atoms with van der Waals surface area (Å²) in [4.78, 5) is 11.7. The van der Waals surface area contributed by atoms with Gasteiger partial charge in [-0.25, -0.2) is 4.39 Å². The van der Waals surface area contributed by atoms with Gasteiger partial charge in [0.2, 0.25) is 0 Å². The molecule has 0 saturated carbocycles. The van der Waals surface area contributed by atoms with Crippen molar-refractivity contribution in [2.45, 2.75) is 32.7 Å². The molecule has 5 heteroatoms. The SMILES string of the molecule is CCC(C)(C)NC(=O)COc1cccc(F)c1C#N. The van der Waals surface area contributed by atoms with E-state index in [1.54, 1.807) is 6.07 Å². The first-order chi connectivity index (χ1) is 8.89. The van der Waals surface area contributed by atoms with Crippen LogP contribution in [0, 0.1) is 17.1 Å². The summed E-state index contributed by atoms with van der Waals surface area (Å²) in [6.07, 6.45) is 0.780. The smallest absolute Gasteiger partial charge is 0.258 e. The summed E-state index contributed by atoms with van der Waals surface area (Å²) in [5.74, 6) is -0.888. The molecule has 0 spiro atoms. The Morgan fingerprint density at radius 2 is 2.21 bits per heavy atom. The summed E-state index contributed by atoms with van der Waals surface area (Å²) < 4.78 is 18.5. The highest BCUT2D eigenvalue weighted by molar-refractivity contribution is 5.78. The predicted molar refractivity (Wildman–Crippen MR) is 69.1 cm³/mol. The molecule has 1 amide bonds. The zero-order valence-corrected chi connectivity index (χ0v) is 11.3. The topological polar surface area (TPSA) is 62.1 Å². The van der Waals surface area contributed by atoms with Crippen LogP contribution in [0.5, 0.6) is 5.75 Å². The average Bonchev–Trinajstić information content (AvgIpc) is 2.36. The van der Waals surface area contributed by atoms with Crippen LogP contribution in [0.3, 0.4) is 0 Å². The molecule has 102 valence electrons. The number of ether oxygens (including phenoxy) is 1. The van der Waals surface area contributed by atoms with E-state index in [0.29, 0.717) is 0 Å². The Balaban J connectivity index is 2.66.